The molecule has 1 aromatic heterocycles. The Labute approximate surface area is 129 Å². The van der Waals surface area contributed by atoms with Crippen LogP contribution < -0.4 is 0 Å². The average Bonchev–Trinajstić information content (AvgIpc) is 2.43. The third-order valence-corrected chi connectivity index (χ3v) is 3.68. The van der Waals surface area contributed by atoms with Gasteiger partial charge in [0.1, 0.15) is 5.82 Å². The zero-order valence-corrected chi connectivity index (χ0v) is 12.1. The first kappa shape index (κ1) is 13.6. The van der Waals surface area contributed by atoms with E-state index in [0.29, 0.717) is 26.9 Å². The largest absolute Gasteiger partial charge is 0.206 e. The number of benzene rings is 2. The van der Waals surface area contributed by atoms with Gasteiger partial charge in [-0.1, -0.05) is 53.0 Å². The first-order chi connectivity index (χ1) is 9.58. The van der Waals surface area contributed by atoms with Crippen molar-refractivity contribution in [3.63, 3.8) is 0 Å². The Morgan fingerprint density at radius 1 is 0.850 bits per heavy atom. The predicted octanol–water partition coefficient (Wildman–Crippen LogP) is 5.40. The monoisotopic (exact) mass is 326 g/mol. The van der Waals surface area contributed by atoms with E-state index in [9.17, 15) is 4.39 Å². The molecule has 0 amide bonds. The quantitative estimate of drug-likeness (QED) is 0.598. The summed E-state index contributed by atoms with van der Waals surface area (Å²) in [6.07, 6.45) is 0. The molecule has 0 spiro atoms. The lowest BCUT2D eigenvalue weighted by Gasteiger charge is -2.10. The second-order valence-electron chi connectivity index (χ2n) is 4.14. The minimum atomic E-state index is -0.375. The number of hydrogen-bond acceptors (Lipinski definition) is 2. The molecule has 100 valence electrons. The Hall–Kier alpha value is -1.42. The lowest BCUT2D eigenvalue weighted by molar-refractivity contribution is 0.631. The van der Waals surface area contributed by atoms with Crippen LogP contribution in [-0.4, -0.2) is 10.2 Å². The van der Waals surface area contributed by atoms with E-state index in [2.05, 4.69) is 10.2 Å². The van der Waals surface area contributed by atoms with Crippen LogP contribution in [0.1, 0.15) is 0 Å². The Morgan fingerprint density at radius 3 is 2.30 bits per heavy atom. The van der Waals surface area contributed by atoms with Gasteiger partial charge >= 0.3 is 0 Å². The number of aromatic nitrogens is 2. The van der Waals surface area contributed by atoms with Crippen molar-refractivity contribution in [1.82, 2.24) is 10.2 Å². The van der Waals surface area contributed by atoms with E-state index in [4.69, 9.17) is 34.8 Å². The average molecular weight is 328 g/mol. The van der Waals surface area contributed by atoms with Gasteiger partial charge in [-0.25, -0.2) is 4.39 Å². The molecule has 0 atom stereocenters. The molecule has 1 heterocycles. The van der Waals surface area contributed by atoms with Crippen LogP contribution in [0.5, 0.6) is 0 Å². The van der Waals surface area contributed by atoms with Crippen LogP contribution in [-0.2, 0) is 0 Å². The lowest BCUT2D eigenvalue weighted by atomic mass is 10.00. The first-order valence-electron chi connectivity index (χ1n) is 5.64. The highest BCUT2D eigenvalue weighted by Crippen LogP contribution is 2.38. The summed E-state index contributed by atoms with van der Waals surface area (Å²) >= 11 is 18.2. The van der Waals surface area contributed by atoms with E-state index in [1.54, 1.807) is 30.3 Å². The fourth-order valence-corrected chi connectivity index (χ4v) is 2.72. The zero-order chi connectivity index (χ0) is 14.3. The van der Waals surface area contributed by atoms with Gasteiger partial charge in [-0.3, -0.25) is 0 Å². The van der Waals surface area contributed by atoms with Gasteiger partial charge in [-0.15, -0.1) is 10.2 Å². The Morgan fingerprint density at radius 2 is 1.55 bits per heavy atom. The van der Waals surface area contributed by atoms with Crippen LogP contribution in [0.15, 0.2) is 36.4 Å². The summed E-state index contributed by atoms with van der Waals surface area (Å²) in [4.78, 5) is 0. The third kappa shape index (κ3) is 2.22. The van der Waals surface area contributed by atoms with Crippen molar-refractivity contribution in [2.75, 3.05) is 0 Å². The second kappa shape index (κ2) is 5.17. The Balaban J connectivity index is 2.48. The fourth-order valence-electron chi connectivity index (χ4n) is 2.08. The molecule has 0 N–H and O–H groups in total. The van der Waals surface area contributed by atoms with Gasteiger partial charge in [0.05, 0.1) is 0 Å². The maximum atomic E-state index is 14.0. The highest BCUT2D eigenvalue weighted by atomic mass is 35.5. The maximum Gasteiger partial charge on any atom is 0.160 e. The summed E-state index contributed by atoms with van der Waals surface area (Å²) in [5.41, 5.74) is 0.915. The summed E-state index contributed by atoms with van der Waals surface area (Å²) in [6.45, 7) is 0. The molecule has 2 nitrogen and oxygen atoms in total. The Bertz CT molecular complexity index is 821. The minimum absolute atomic E-state index is 0.152. The maximum absolute atomic E-state index is 14.0. The van der Waals surface area contributed by atoms with Crippen LogP contribution in [0, 0.1) is 5.82 Å². The van der Waals surface area contributed by atoms with E-state index in [0.717, 1.165) is 0 Å². The number of fused-ring (bicyclic) bond motifs is 1. The molecular weight excluding hydrogens is 322 g/mol. The van der Waals surface area contributed by atoms with Gasteiger partial charge in [0.25, 0.3) is 0 Å². The van der Waals surface area contributed by atoms with E-state index >= 15 is 0 Å². The van der Waals surface area contributed by atoms with Crippen LogP contribution in [0.4, 0.5) is 4.39 Å². The third-order valence-electron chi connectivity index (χ3n) is 2.92. The number of halogens is 4. The van der Waals surface area contributed by atoms with Crippen molar-refractivity contribution in [1.29, 1.82) is 0 Å². The molecule has 0 bridgehead atoms. The standard InChI is InChI=1S/C14H6Cl3FN2/c15-7-5-9(8-3-1-2-4-11(8)18)12-10(6-7)13(16)19-20-14(12)17/h1-6H. The second-order valence-corrected chi connectivity index (χ2v) is 5.29. The first-order valence-corrected chi connectivity index (χ1v) is 6.77. The minimum Gasteiger partial charge on any atom is -0.206 e. The van der Waals surface area contributed by atoms with Crippen molar-refractivity contribution in [2.24, 2.45) is 0 Å². The molecule has 0 aliphatic rings. The fraction of sp³-hybridized carbons (Fsp3) is 0. The van der Waals surface area contributed by atoms with Gasteiger partial charge in [0, 0.05) is 21.4 Å². The molecule has 0 aliphatic carbocycles. The summed E-state index contributed by atoms with van der Waals surface area (Å²) in [5, 5.41) is 9.32. The topological polar surface area (TPSA) is 25.8 Å². The molecule has 0 fully saturated rings. The predicted molar refractivity (Wildman–Crippen MR) is 80.0 cm³/mol. The number of nitrogens with zero attached hydrogens (tertiary/aromatic N) is 2. The molecule has 0 radical (unpaired) electrons. The van der Waals surface area contributed by atoms with Gasteiger partial charge in [-0.05, 0) is 23.8 Å². The van der Waals surface area contributed by atoms with Gasteiger partial charge in [0.15, 0.2) is 10.3 Å². The summed E-state index contributed by atoms with van der Waals surface area (Å²) in [5.74, 6) is -0.375. The highest BCUT2D eigenvalue weighted by Gasteiger charge is 2.15. The van der Waals surface area contributed by atoms with Gasteiger partial charge in [0.2, 0.25) is 0 Å². The number of rotatable bonds is 1. The smallest absolute Gasteiger partial charge is 0.160 e. The van der Waals surface area contributed by atoms with Crippen molar-refractivity contribution >= 4 is 45.6 Å². The molecule has 6 heteroatoms. The molecule has 0 unspecified atom stereocenters. The molecule has 3 rings (SSSR count). The van der Waals surface area contributed by atoms with Crippen LogP contribution in [0.25, 0.3) is 21.9 Å². The molecule has 2 aromatic carbocycles. The van der Waals surface area contributed by atoms with Gasteiger partial charge < -0.3 is 0 Å². The van der Waals surface area contributed by atoms with Crippen molar-refractivity contribution in [3.8, 4) is 11.1 Å². The van der Waals surface area contributed by atoms with E-state index in [1.807, 2.05) is 0 Å². The van der Waals surface area contributed by atoms with E-state index in [1.165, 1.54) is 6.07 Å². The van der Waals surface area contributed by atoms with Crippen LogP contribution in [0.2, 0.25) is 15.3 Å². The van der Waals surface area contributed by atoms with Crippen LogP contribution in [0.3, 0.4) is 0 Å². The van der Waals surface area contributed by atoms with Crippen LogP contribution >= 0.6 is 34.8 Å². The van der Waals surface area contributed by atoms with Gasteiger partial charge in [-0.2, -0.15) is 0 Å². The number of hydrogen-bond donors (Lipinski definition) is 0. The van der Waals surface area contributed by atoms with E-state index in [-0.39, 0.29) is 16.1 Å². The molecule has 0 saturated carbocycles. The lowest BCUT2D eigenvalue weighted by Crippen LogP contribution is -1.92. The van der Waals surface area contributed by atoms with E-state index < -0.39 is 0 Å². The summed E-state index contributed by atoms with van der Waals surface area (Å²) in [6, 6.07) is 9.61. The van der Waals surface area contributed by atoms with Crippen molar-refractivity contribution in [3.05, 3.63) is 57.5 Å². The normalized spacial score (nSPS) is 11.0. The molecule has 20 heavy (non-hydrogen) atoms. The zero-order valence-electron chi connectivity index (χ0n) is 9.87. The molecule has 0 aliphatic heterocycles. The Kier molecular flexibility index (Phi) is 3.50. The highest BCUT2D eigenvalue weighted by molar-refractivity contribution is 6.40. The molecule has 0 saturated heterocycles. The molecule has 3 aromatic rings. The van der Waals surface area contributed by atoms with Crippen molar-refractivity contribution in [2.45, 2.75) is 0 Å². The summed E-state index contributed by atoms with van der Waals surface area (Å²) in [7, 11) is 0. The molecular formula is C14H6Cl3FN2. The van der Waals surface area contributed by atoms with Crippen molar-refractivity contribution < 1.29 is 4.39 Å². The SMILES string of the molecule is Fc1ccccc1-c1cc(Cl)cc2c(Cl)nnc(Cl)c12. The summed E-state index contributed by atoms with van der Waals surface area (Å²) < 4.78 is 14.0.